The molecule has 4 aliphatic heterocycles. The third-order valence-corrected chi connectivity index (χ3v) is 29.5. The van der Waals surface area contributed by atoms with Crippen molar-refractivity contribution >= 4 is 141 Å². The number of aliphatic hydroxyl groups excluding tert-OH is 2. The molecular formula is C103H120N28O3. The molecule has 31 nitrogen and oxygen atoms in total. The van der Waals surface area contributed by atoms with Gasteiger partial charge in [-0.15, -0.1) is 0 Å². The Morgan fingerprint density at radius 3 is 0.993 bits per heavy atom. The highest BCUT2D eigenvalue weighted by Gasteiger charge is 2.32. The van der Waals surface area contributed by atoms with Crippen LogP contribution in [0.25, 0.3) is 87.7 Å². The van der Waals surface area contributed by atoms with Crippen molar-refractivity contribution in [2.45, 2.75) is 220 Å². The average Bonchev–Trinajstić information content (AvgIpc) is 1.61. The molecule has 4 saturated carbocycles. The summed E-state index contributed by atoms with van der Waals surface area (Å²) in [5.74, 6) is 8.64. The van der Waals surface area contributed by atoms with E-state index in [0.717, 1.165) is 248 Å². The Hall–Kier alpha value is -12.8. The van der Waals surface area contributed by atoms with E-state index in [1.807, 2.05) is 110 Å². The Balaban J connectivity index is 0.000000107. The molecule has 16 aromatic rings. The standard InChI is InChI=1S/C27H33N7O.C26H29N7O.C26H31N7O.C24H27N7/c1-18-3-6-20(7-4-18)34-24-16-28-11-9-21(24)22-15-29-27(32-26(22)34)31-25-8-5-19-17-33(12-2-14-35)13-10-23(19)30-25;1-16-3-6-19(7-4-16)33-23-14-27-11-9-20(23)21-13-28-26(31-25(21)33)30-24-8-5-18-15-32(17(2)34)12-10-22(18)29-24;1-17-2-5-19(6-3-17)33-23-15-27-10-8-20(23)21-14-28-26(31-25(21)33)30-24-7-4-18-16-32(12-13-34)11-9-22(18)29-24;1-15-2-5-17(6-3-15)31-21-14-26-10-8-18(21)19-13-27-24(30-23(19)31)29-22-7-4-16-12-25-11-9-20(16)28-22/h5,8-9,11,15-16,18,20,35H,2-4,6-7,10,12-14,17H2,1H3,(H,29,30,31,32);5,8-9,11,13-14,16,19H,3-4,6-7,10,12,15H2,1-2H3,(H,28,29,30,31);4,7-8,10,14-15,17,19,34H,2-3,5-6,9,11-13,16H2,1H3,(H,28,29,30,31);4,7-8,10,13-15,17,25H,2-3,5-6,9,11-12H2,1H3,(H,27,28,29,30). The number of aliphatic hydroxyl groups is 2. The van der Waals surface area contributed by atoms with Crippen LogP contribution in [-0.4, -0.2) is 181 Å². The number of hydrogen-bond donors (Lipinski definition) is 7. The Kier molecular flexibility index (Phi) is 25.6. The zero-order valence-corrected chi connectivity index (χ0v) is 77.4. The van der Waals surface area contributed by atoms with E-state index in [1.165, 1.54) is 112 Å². The molecule has 31 heteroatoms. The van der Waals surface area contributed by atoms with Gasteiger partial charge >= 0.3 is 0 Å². The highest BCUT2D eigenvalue weighted by molar-refractivity contribution is 6.09. The summed E-state index contributed by atoms with van der Waals surface area (Å²) in [6.45, 7) is 19.9. The van der Waals surface area contributed by atoms with Crippen molar-refractivity contribution in [1.82, 2.24) is 118 Å². The van der Waals surface area contributed by atoms with Gasteiger partial charge in [0, 0.05) is 244 Å². The topological polar surface area (TPSA) is 353 Å². The summed E-state index contributed by atoms with van der Waals surface area (Å²) < 4.78 is 9.58. The van der Waals surface area contributed by atoms with Gasteiger partial charge in [-0.2, -0.15) is 19.9 Å². The fraction of sp³-hybridized carbons (Fsp3) is 0.447. The summed E-state index contributed by atoms with van der Waals surface area (Å²) in [7, 11) is 0. The number of anilines is 8. The number of carbonyl (C=O) groups is 1. The largest absolute Gasteiger partial charge is 0.396 e. The first-order valence-electron chi connectivity index (χ1n) is 48.8. The molecule has 0 bridgehead atoms. The Morgan fingerprint density at radius 2 is 0.664 bits per heavy atom. The van der Waals surface area contributed by atoms with Crippen molar-refractivity contribution in [3.05, 3.63) is 192 Å². The third-order valence-electron chi connectivity index (χ3n) is 29.5. The van der Waals surface area contributed by atoms with Crippen LogP contribution in [0, 0.1) is 23.7 Å². The van der Waals surface area contributed by atoms with E-state index in [1.54, 1.807) is 6.92 Å². The average molecular weight is 1800 g/mol. The van der Waals surface area contributed by atoms with Crippen LogP contribution < -0.4 is 26.6 Å². The molecular weight excluding hydrogens is 1680 g/mol. The van der Waals surface area contributed by atoms with Crippen molar-refractivity contribution in [1.29, 1.82) is 0 Å². The number of carbonyl (C=O) groups excluding carboxylic acids is 1. The van der Waals surface area contributed by atoms with Gasteiger partial charge in [0.15, 0.2) is 0 Å². The maximum Gasteiger partial charge on any atom is 0.230 e. The normalized spacial score (nSPS) is 20.9. The highest BCUT2D eigenvalue weighted by Crippen LogP contribution is 2.45. The zero-order chi connectivity index (χ0) is 90.9. The number of rotatable bonds is 17. The molecule has 0 unspecified atom stereocenters. The van der Waals surface area contributed by atoms with Gasteiger partial charge in [0.1, 0.15) is 45.9 Å². The van der Waals surface area contributed by atoms with Crippen molar-refractivity contribution in [2.24, 2.45) is 23.7 Å². The Bertz CT molecular complexity index is 6960. The fourth-order valence-electron chi connectivity index (χ4n) is 21.9. The predicted molar refractivity (Wildman–Crippen MR) is 525 cm³/mol. The molecule has 8 aliphatic rings. The molecule has 4 aliphatic carbocycles. The molecule has 4 fully saturated rings. The van der Waals surface area contributed by atoms with Crippen LogP contribution in [0.5, 0.6) is 0 Å². The second-order valence-corrected chi connectivity index (χ2v) is 38.6. The van der Waals surface area contributed by atoms with Crippen molar-refractivity contribution in [2.75, 3.05) is 73.7 Å². The minimum atomic E-state index is 0.104. The number of aromatic nitrogens is 20. The van der Waals surface area contributed by atoms with E-state index in [2.05, 4.69) is 165 Å². The van der Waals surface area contributed by atoms with Crippen LogP contribution in [-0.2, 0) is 56.7 Å². The molecule has 0 saturated heterocycles. The molecule has 20 heterocycles. The van der Waals surface area contributed by atoms with Gasteiger partial charge < -0.3 is 60.0 Å². The first-order chi connectivity index (χ1) is 65.7. The second kappa shape index (κ2) is 39.0. The molecule has 0 aromatic carbocycles. The second-order valence-electron chi connectivity index (χ2n) is 38.6. The van der Waals surface area contributed by atoms with E-state index in [0.29, 0.717) is 67.6 Å². The molecule has 0 radical (unpaired) electrons. The summed E-state index contributed by atoms with van der Waals surface area (Å²) in [6, 6.07) is 26.5. The van der Waals surface area contributed by atoms with Crippen molar-refractivity contribution in [3.8, 4) is 0 Å². The van der Waals surface area contributed by atoms with Crippen LogP contribution in [0.15, 0.2) is 147 Å². The van der Waals surface area contributed by atoms with Gasteiger partial charge in [-0.05, 0) is 204 Å². The van der Waals surface area contributed by atoms with Gasteiger partial charge in [-0.1, -0.05) is 52.0 Å². The lowest BCUT2D eigenvalue weighted by atomic mass is 9.87. The van der Waals surface area contributed by atoms with Gasteiger partial charge in [-0.25, -0.2) is 39.9 Å². The zero-order valence-electron chi connectivity index (χ0n) is 77.4. The number of nitrogens with one attached hydrogen (secondary N) is 5. The third kappa shape index (κ3) is 18.5. The molecule has 134 heavy (non-hydrogen) atoms. The lowest BCUT2D eigenvalue weighted by molar-refractivity contribution is -0.129. The smallest absolute Gasteiger partial charge is 0.230 e. The maximum absolute atomic E-state index is 11.7. The minimum Gasteiger partial charge on any atom is -0.396 e. The van der Waals surface area contributed by atoms with E-state index in [9.17, 15) is 9.90 Å². The Morgan fingerprint density at radius 1 is 0.351 bits per heavy atom. The van der Waals surface area contributed by atoms with Gasteiger partial charge in [0.2, 0.25) is 29.7 Å². The fourth-order valence-corrected chi connectivity index (χ4v) is 21.9. The van der Waals surface area contributed by atoms with Crippen LogP contribution >= 0.6 is 0 Å². The number of β-amino-alcohol motifs (C(OH)–C–C–N with tert-alkyl or cyclic N) is 1. The molecule has 0 atom stereocenters. The van der Waals surface area contributed by atoms with Crippen LogP contribution in [0.1, 0.15) is 213 Å². The van der Waals surface area contributed by atoms with Gasteiger partial charge in [0.05, 0.1) is 53.5 Å². The number of fused-ring (bicyclic) bond motifs is 16. The highest BCUT2D eigenvalue weighted by atomic mass is 16.3. The first kappa shape index (κ1) is 87.8. The number of pyridine rings is 8. The molecule has 1 amide bonds. The minimum absolute atomic E-state index is 0.104. The SMILES string of the molecule is CC(=O)N1CCc2nc(Nc3ncc4c5ccncc5n(C5CCC(C)CC5)c4n3)ccc2C1.CC1CCC(n2c3cnccc3c3cnc(Nc4ccc5c(n4)CCN(CCCO)C5)nc32)CC1.CC1CCC(n2c3cnccc3c3cnc(Nc4ccc5c(n4)CCN(CCO)C5)nc32)CC1.CC1CCC(n2c3cnccc3c3cnc(Nc4ccc5c(n4)CCNC5)nc32)CC1. The number of amides is 1. The molecule has 0 spiro atoms. The molecule has 16 aromatic heterocycles. The van der Waals surface area contributed by atoms with E-state index in [4.69, 9.17) is 45.0 Å². The molecule has 7 N–H and O–H groups in total. The van der Waals surface area contributed by atoms with Gasteiger partial charge in [0.25, 0.3) is 0 Å². The summed E-state index contributed by atoms with van der Waals surface area (Å²) in [6.07, 6.45) is 46.6. The van der Waals surface area contributed by atoms with Crippen LogP contribution in [0.2, 0.25) is 0 Å². The number of nitrogens with zero attached hydrogens (tertiary/aromatic N) is 23. The lowest BCUT2D eigenvalue weighted by Crippen LogP contribution is -2.34. The summed E-state index contributed by atoms with van der Waals surface area (Å²) in [5, 5.41) is 44.1. The van der Waals surface area contributed by atoms with E-state index >= 15 is 0 Å². The Labute approximate surface area is 778 Å². The first-order valence-corrected chi connectivity index (χ1v) is 48.8. The predicted octanol–water partition coefficient (Wildman–Crippen LogP) is 18.1. The maximum atomic E-state index is 11.7. The summed E-state index contributed by atoms with van der Waals surface area (Å²) >= 11 is 0. The van der Waals surface area contributed by atoms with E-state index in [-0.39, 0.29) is 19.1 Å². The van der Waals surface area contributed by atoms with Crippen LogP contribution in [0.4, 0.5) is 47.1 Å². The van der Waals surface area contributed by atoms with Crippen molar-refractivity contribution < 1.29 is 15.0 Å². The van der Waals surface area contributed by atoms with E-state index < -0.39 is 0 Å². The quantitative estimate of drug-likeness (QED) is 0.0445. The summed E-state index contributed by atoms with van der Waals surface area (Å²) in [5.41, 5.74) is 17.7. The summed E-state index contributed by atoms with van der Waals surface area (Å²) in [4.78, 5) is 93.7. The van der Waals surface area contributed by atoms with Crippen molar-refractivity contribution in [3.63, 3.8) is 0 Å². The van der Waals surface area contributed by atoms with Crippen LogP contribution in [0.3, 0.4) is 0 Å². The van der Waals surface area contributed by atoms with Gasteiger partial charge in [-0.3, -0.25) is 34.5 Å². The molecule has 690 valence electrons. The monoisotopic (exact) mass is 1800 g/mol. The molecule has 24 rings (SSSR count). The number of hydrogen-bond acceptors (Lipinski definition) is 26. The lowest BCUT2D eigenvalue weighted by Gasteiger charge is -2.28.